The zero-order valence-corrected chi connectivity index (χ0v) is 15.6. The Balaban J connectivity index is 2.12. The number of ether oxygens (including phenoxy) is 1. The monoisotopic (exact) mass is 359 g/mol. The molecule has 6 nitrogen and oxygen atoms in total. The average molecular weight is 359 g/mol. The Morgan fingerprint density at radius 2 is 2.12 bits per heavy atom. The topological polar surface area (TPSA) is 69.6 Å². The van der Waals surface area contributed by atoms with E-state index in [4.69, 9.17) is 9.26 Å². The number of aromatic nitrogens is 2. The highest BCUT2D eigenvalue weighted by Gasteiger charge is 2.14. The van der Waals surface area contributed by atoms with Gasteiger partial charge in [0, 0.05) is 19.2 Å². The van der Waals surface area contributed by atoms with Crippen LogP contribution in [-0.2, 0) is 11.3 Å². The predicted molar refractivity (Wildman–Crippen MR) is 96.9 cm³/mol. The van der Waals surface area contributed by atoms with Crippen LogP contribution in [0.2, 0.25) is 0 Å². The van der Waals surface area contributed by atoms with Gasteiger partial charge in [-0.05, 0) is 44.9 Å². The third-order valence-corrected chi connectivity index (χ3v) is 5.04. The van der Waals surface area contributed by atoms with E-state index in [1.54, 1.807) is 13.0 Å². The minimum Gasteiger partial charge on any atom is -0.380 e. The van der Waals surface area contributed by atoms with Crippen LogP contribution in [0.3, 0.4) is 0 Å². The van der Waals surface area contributed by atoms with Gasteiger partial charge >= 0.3 is 5.91 Å². The standard InChI is InChI=1S/C18H21N3O3S/c1-5-23-7-6-21-14-9-11(2)8-12(3)16(14)25-18(21)19-17(22)15-10-13(4)20-24-15/h8-10H,5-7H2,1-4H3. The summed E-state index contributed by atoms with van der Waals surface area (Å²) in [6.07, 6.45) is 0. The summed E-state index contributed by atoms with van der Waals surface area (Å²) in [5.74, 6) is -0.272. The smallest absolute Gasteiger partial charge is 0.318 e. The van der Waals surface area contributed by atoms with Crippen molar-refractivity contribution in [2.45, 2.75) is 34.2 Å². The van der Waals surface area contributed by atoms with E-state index >= 15 is 0 Å². The Morgan fingerprint density at radius 1 is 1.32 bits per heavy atom. The van der Waals surface area contributed by atoms with Gasteiger partial charge in [0.05, 0.1) is 22.5 Å². The summed E-state index contributed by atoms with van der Waals surface area (Å²) in [7, 11) is 0. The van der Waals surface area contributed by atoms with E-state index in [0.29, 0.717) is 30.3 Å². The fraction of sp³-hybridized carbons (Fsp3) is 0.389. The van der Waals surface area contributed by atoms with Crippen LogP contribution in [-0.4, -0.2) is 28.8 Å². The van der Waals surface area contributed by atoms with Crippen LogP contribution in [0.15, 0.2) is 27.7 Å². The van der Waals surface area contributed by atoms with Gasteiger partial charge in [-0.1, -0.05) is 22.6 Å². The molecule has 0 aliphatic carbocycles. The summed E-state index contributed by atoms with van der Waals surface area (Å²) in [6.45, 7) is 9.74. The molecular weight excluding hydrogens is 338 g/mol. The molecule has 132 valence electrons. The number of amides is 1. The number of carbonyl (C=O) groups excluding carboxylic acids is 1. The third-order valence-electron chi connectivity index (χ3n) is 3.81. The first kappa shape index (κ1) is 17.6. The zero-order chi connectivity index (χ0) is 18.0. The summed E-state index contributed by atoms with van der Waals surface area (Å²) in [5, 5.41) is 3.75. The molecule has 3 rings (SSSR count). The van der Waals surface area contributed by atoms with Crippen molar-refractivity contribution in [2.24, 2.45) is 4.99 Å². The average Bonchev–Trinajstić information content (AvgIpc) is 3.13. The normalized spacial score (nSPS) is 12.2. The number of carbonyl (C=O) groups is 1. The molecule has 25 heavy (non-hydrogen) atoms. The molecule has 0 radical (unpaired) electrons. The molecule has 0 aliphatic heterocycles. The van der Waals surface area contributed by atoms with Crippen molar-refractivity contribution in [1.29, 1.82) is 0 Å². The molecule has 1 aromatic carbocycles. The van der Waals surface area contributed by atoms with Crippen molar-refractivity contribution in [3.8, 4) is 0 Å². The molecule has 0 spiro atoms. The second-order valence-electron chi connectivity index (χ2n) is 5.91. The number of aryl methyl sites for hydroxylation is 3. The predicted octanol–water partition coefficient (Wildman–Crippen LogP) is 3.39. The molecule has 3 aromatic rings. The lowest BCUT2D eigenvalue weighted by molar-refractivity contribution is 0.0961. The molecule has 7 heteroatoms. The number of rotatable bonds is 5. The molecule has 0 fully saturated rings. The van der Waals surface area contributed by atoms with E-state index in [2.05, 4.69) is 36.1 Å². The molecule has 0 bridgehead atoms. The Labute approximate surface area is 149 Å². The second kappa shape index (κ2) is 7.33. The summed E-state index contributed by atoms with van der Waals surface area (Å²) in [6, 6.07) is 5.85. The number of benzene rings is 1. The summed E-state index contributed by atoms with van der Waals surface area (Å²) in [5.41, 5.74) is 4.08. The molecule has 1 amide bonds. The summed E-state index contributed by atoms with van der Waals surface area (Å²) < 4.78 is 13.7. The van der Waals surface area contributed by atoms with E-state index in [1.165, 1.54) is 22.5 Å². The number of thiazole rings is 1. The number of hydrogen-bond donors (Lipinski definition) is 0. The number of nitrogens with zero attached hydrogens (tertiary/aromatic N) is 3. The SMILES string of the molecule is CCOCCn1c(=NC(=O)c2cc(C)no2)sc2c(C)cc(C)cc21. The molecule has 0 N–H and O–H groups in total. The van der Waals surface area contributed by atoms with E-state index in [-0.39, 0.29) is 5.76 Å². The van der Waals surface area contributed by atoms with Crippen LogP contribution in [0.25, 0.3) is 10.2 Å². The van der Waals surface area contributed by atoms with Gasteiger partial charge in [-0.25, -0.2) is 0 Å². The first-order valence-corrected chi connectivity index (χ1v) is 9.02. The molecule has 0 saturated carbocycles. The third kappa shape index (κ3) is 3.72. The Bertz CT molecular complexity index is 981. The Morgan fingerprint density at radius 3 is 2.80 bits per heavy atom. The van der Waals surface area contributed by atoms with E-state index in [0.717, 1.165) is 10.2 Å². The van der Waals surface area contributed by atoms with E-state index in [1.807, 2.05) is 11.5 Å². The van der Waals surface area contributed by atoms with Gasteiger partial charge in [-0.15, -0.1) is 0 Å². The molecule has 0 unspecified atom stereocenters. The lowest BCUT2D eigenvalue weighted by Crippen LogP contribution is -2.19. The maximum atomic E-state index is 12.4. The molecule has 2 heterocycles. The van der Waals surface area contributed by atoms with Crippen molar-refractivity contribution in [1.82, 2.24) is 9.72 Å². The summed E-state index contributed by atoms with van der Waals surface area (Å²) in [4.78, 5) is 17.3. The van der Waals surface area contributed by atoms with E-state index in [9.17, 15) is 4.79 Å². The van der Waals surface area contributed by atoms with Crippen LogP contribution >= 0.6 is 11.3 Å². The van der Waals surface area contributed by atoms with Gasteiger partial charge in [0.15, 0.2) is 4.80 Å². The number of hydrogen-bond acceptors (Lipinski definition) is 5. The maximum Gasteiger partial charge on any atom is 0.318 e. The van der Waals surface area contributed by atoms with Gasteiger partial charge < -0.3 is 13.8 Å². The van der Waals surface area contributed by atoms with Crippen molar-refractivity contribution in [3.63, 3.8) is 0 Å². The van der Waals surface area contributed by atoms with Gasteiger partial charge in [0.25, 0.3) is 0 Å². The van der Waals surface area contributed by atoms with Crippen molar-refractivity contribution in [2.75, 3.05) is 13.2 Å². The highest BCUT2D eigenvalue weighted by atomic mass is 32.1. The van der Waals surface area contributed by atoms with Crippen molar-refractivity contribution < 1.29 is 14.1 Å². The van der Waals surface area contributed by atoms with Crippen molar-refractivity contribution in [3.05, 3.63) is 45.6 Å². The lowest BCUT2D eigenvalue weighted by Gasteiger charge is -2.06. The van der Waals surface area contributed by atoms with Gasteiger partial charge in [0.2, 0.25) is 5.76 Å². The lowest BCUT2D eigenvalue weighted by atomic mass is 10.1. The first-order chi connectivity index (χ1) is 12.0. The van der Waals surface area contributed by atoms with Crippen LogP contribution < -0.4 is 4.80 Å². The summed E-state index contributed by atoms with van der Waals surface area (Å²) >= 11 is 1.50. The maximum absolute atomic E-state index is 12.4. The second-order valence-corrected chi connectivity index (χ2v) is 6.89. The van der Waals surface area contributed by atoms with Crippen LogP contribution in [0, 0.1) is 20.8 Å². The molecular formula is C18H21N3O3S. The van der Waals surface area contributed by atoms with Crippen LogP contribution in [0.5, 0.6) is 0 Å². The Hall–Kier alpha value is -2.25. The fourth-order valence-corrected chi connectivity index (χ4v) is 3.82. The van der Waals surface area contributed by atoms with Crippen molar-refractivity contribution >= 4 is 27.5 Å². The molecule has 0 aliphatic rings. The molecule has 2 aromatic heterocycles. The minimum absolute atomic E-state index is 0.152. The van der Waals surface area contributed by atoms with Gasteiger partial charge in [-0.2, -0.15) is 4.99 Å². The van der Waals surface area contributed by atoms with Gasteiger partial charge in [-0.3, -0.25) is 4.79 Å². The highest BCUT2D eigenvalue weighted by Crippen LogP contribution is 2.23. The largest absolute Gasteiger partial charge is 0.380 e. The Kier molecular flexibility index (Phi) is 5.15. The van der Waals surface area contributed by atoms with Crippen LogP contribution in [0.4, 0.5) is 0 Å². The fourth-order valence-electron chi connectivity index (χ4n) is 2.72. The highest BCUT2D eigenvalue weighted by molar-refractivity contribution is 7.16. The van der Waals surface area contributed by atoms with Gasteiger partial charge in [0.1, 0.15) is 0 Å². The molecule has 0 atom stereocenters. The number of fused-ring (bicyclic) bond motifs is 1. The quantitative estimate of drug-likeness (QED) is 0.655. The first-order valence-electron chi connectivity index (χ1n) is 8.20. The minimum atomic E-state index is -0.424. The van der Waals surface area contributed by atoms with Crippen LogP contribution in [0.1, 0.15) is 34.3 Å². The van der Waals surface area contributed by atoms with E-state index < -0.39 is 5.91 Å². The molecule has 0 saturated heterocycles. The zero-order valence-electron chi connectivity index (χ0n) is 14.8.